The van der Waals surface area contributed by atoms with Crippen LogP contribution in [0.5, 0.6) is 0 Å². The Hall–Kier alpha value is -2.95. The van der Waals surface area contributed by atoms with Crippen molar-refractivity contribution in [1.29, 1.82) is 0 Å². The van der Waals surface area contributed by atoms with Gasteiger partial charge >= 0.3 is 0 Å². The van der Waals surface area contributed by atoms with E-state index in [1.807, 2.05) is 31.2 Å². The highest BCUT2D eigenvalue weighted by atomic mass is 19.1. The maximum Gasteiger partial charge on any atom is 0.280 e. The van der Waals surface area contributed by atoms with Crippen molar-refractivity contribution in [2.24, 2.45) is 4.99 Å². The van der Waals surface area contributed by atoms with E-state index in [2.05, 4.69) is 17.0 Å². The number of hydrogen-bond donors (Lipinski definition) is 1. The van der Waals surface area contributed by atoms with Crippen molar-refractivity contribution < 1.29 is 4.39 Å². The molecule has 1 aromatic heterocycles. The molecule has 24 heavy (non-hydrogen) atoms. The molecule has 4 nitrogen and oxygen atoms in total. The summed E-state index contributed by atoms with van der Waals surface area (Å²) in [7, 11) is 0. The molecule has 0 bridgehead atoms. The fraction of sp³-hybridized carbons (Fsp3) is 0.158. The quantitative estimate of drug-likeness (QED) is 0.727. The van der Waals surface area contributed by atoms with E-state index in [-0.39, 0.29) is 11.4 Å². The molecule has 0 unspecified atom stereocenters. The number of H-pyrrole nitrogens is 1. The van der Waals surface area contributed by atoms with Gasteiger partial charge in [-0.1, -0.05) is 25.1 Å². The summed E-state index contributed by atoms with van der Waals surface area (Å²) in [4.78, 5) is 17.1. The van der Waals surface area contributed by atoms with Crippen molar-refractivity contribution >= 4 is 11.9 Å². The molecule has 1 N–H and O–H groups in total. The first-order valence-corrected chi connectivity index (χ1v) is 7.79. The number of aryl methyl sites for hydroxylation is 2. The van der Waals surface area contributed by atoms with Crippen LogP contribution in [-0.4, -0.2) is 16.0 Å². The van der Waals surface area contributed by atoms with Crippen LogP contribution in [-0.2, 0) is 6.42 Å². The Morgan fingerprint density at radius 3 is 2.58 bits per heavy atom. The van der Waals surface area contributed by atoms with Crippen molar-refractivity contribution in [3.05, 3.63) is 81.5 Å². The maximum atomic E-state index is 13.0. The molecular weight excluding hydrogens is 305 g/mol. The Bertz CT molecular complexity index is 936. The molecule has 0 aliphatic carbocycles. The minimum Gasteiger partial charge on any atom is -0.295 e. The number of halogens is 1. The van der Waals surface area contributed by atoms with Crippen LogP contribution in [0.3, 0.4) is 0 Å². The van der Waals surface area contributed by atoms with Crippen molar-refractivity contribution in [2.75, 3.05) is 0 Å². The van der Waals surface area contributed by atoms with E-state index in [0.29, 0.717) is 16.9 Å². The number of para-hydroxylation sites is 1. The zero-order valence-corrected chi connectivity index (χ0v) is 13.6. The van der Waals surface area contributed by atoms with Crippen LogP contribution < -0.4 is 5.56 Å². The Kier molecular flexibility index (Phi) is 4.42. The highest BCUT2D eigenvalue weighted by Crippen LogP contribution is 2.19. The van der Waals surface area contributed by atoms with Gasteiger partial charge in [0.15, 0.2) is 0 Å². The average molecular weight is 323 g/mol. The number of aromatic nitrogens is 2. The first-order chi connectivity index (χ1) is 11.6. The minimum absolute atomic E-state index is 0.211. The van der Waals surface area contributed by atoms with Gasteiger partial charge in [-0.15, -0.1) is 0 Å². The van der Waals surface area contributed by atoms with Gasteiger partial charge in [-0.05, 0) is 49.2 Å². The molecule has 0 amide bonds. The van der Waals surface area contributed by atoms with Crippen LogP contribution in [0, 0.1) is 12.7 Å². The van der Waals surface area contributed by atoms with Crippen LogP contribution in [0.1, 0.15) is 23.7 Å². The summed E-state index contributed by atoms with van der Waals surface area (Å²) in [6.45, 7) is 3.88. The Morgan fingerprint density at radius 2 is 1.88 bits per heavy atom. The van der Waals surface area contributed by atoms with Gasteiger partial charge in [0, 0.05) is 11.9 Å². The summed E-state index contributed by atoms with van der Waals surface area (Å²) in [6, 6.07) is 13.6. The Labute approximate surface area is 139 Å². The van der Waals surface area contributed by atoms with E-state index < -0.39 is 0 Å². The van der Waals surface area contributed by atoms with Gasteiger partial charge in [0.25, 0.3) is 5.56 Å². The first kappa shape index (κ1) is 15.9. The third-order valence-corrected chi connectivity index (χ3v) is 3.91. The second kappa shape index (κ2) is 6.66. The van der Waals surface area contributed by atoms with Crippen LogP contribution in [0.15, 0.2) is 58.3 Å². The van der Waals surface area contributed by atoms with E-state index in [4.69, 9.17) is 0 Å². The number of nitrogens with one attached hydrogen (secondary N) is 1. The lowest BCUT2D eigenvalue weighted by Crippen LogP contribution is -2.17. The van der Waals surface area contributed by atoms with E-state index >= 15 is 0 Å². The molecule has 2 aromatic carbocycles. The second-order valence-electron chi connectivity index (χ2n) is 5.51. The van der Waals surface area contributed by atoms with Gasteiger partial charge in [0.05, 0.1) is 16.9 Å². The Balaban J connectivity index is 1.99. The number of aromatic amines is 1. The maximum absolute atomic E-state index is 13.0. The fourth-order valence-corrected chi connectivity index (χ4v) is 2.55. The van der Waals surface area contributed by atoms with E-state index in [9.17, 15) is 9.18 Å². The minimum atomic E-state index is -0.340. The first-order valence-electron chi connectivity index (χ1n) is 7.79. The standard InChI is InChI=1S/C19H18FN3O/c1-3-14-6-4-5-7-18(14)21-12-17-13(2)22-23(19(17)24)16-10-8-15(20)9-11-16/h4-12,22H,3H2,1-2H3. The van der Waals surface area contributed by atoms with E-state index in [1.165, 1.54) is 16.8 Å². The summed E-state index contributed by atoms with van der Waals surface area (Å²) in [6.07, 6.45) is 2.46. The van der Waals surface area contributed by atoms with Crippen molar-refractivity contribution in [1.82, 2.24) is 9.78 Å². The molecule has 3 aromatic rings. The predicted octanol–water partition coefficient (Wildman–Crippen LogP) is 3.93. The van der Waals surface area contributed by atoms with Crippen LogP contribution in [0.2, 0.25) is 0 Å². The molecule has 0 saturated heterocycles. The van der Waals surface area contributed by atoms with Crippen molar-refractivity contribution in [3.8, 4) is 5.69 Å². The molecule has 0 saturated carbocycles. The van der Waals surface area contributed by atoms with Crippen molar-refractivity contribution in [2.45, 2.75) is 20.3 Å². The smallest absolute Gasteiger partial charge is 0.280 e. The normalized spacial score (nSPS) is 11.3. The topological polar surface area (TPSA) is 50.1 Å². The van der Waals surface area contributed by atoms with Gasteiger partial charge in [-0.25, -0.2) is 9.07 Å². The highest BCUT2D eigenvalue weighted by molar-refractivity contribution is 5.83. The summed E-state index contributed by atoms with van der Waals surface area (Å²) >= 11 is 0. The molecule has 1 heterocycles. The largest absolute Gasteiger partial charge is 0.295 e. The molecule has 0 radical (unpaired) electrons. The predicted molar refractivity (Wildman–Crippen MR) is 94.2 cm³/mol. The lowest BCUT2D eigenvalue weighted by molar-refractivity contribution is 0.627. The summed E-state index contributed by atoms with van der Waals surface area (Å²) < 4.78 is 14.4. The van der Waals surface area contributed by atoms with E-state index in [1.54, 1.807) is 18.3 Å². The van der Waals surface area contributed by atoms with Gasteiger partial charge in [0.2, 0.25) is 0 Å². The van der Waals surface area contributed by atoms with Gasteiger partial charge in [-0.3, -0.25) is 14.9 Å². The lowest BCUT2D eigenvalue weighted by atomic mass is 10.1. The highest BCUT2D eigenvalue weighted by Gasteiger charge is 2.11. The van der Waals surface area contributed by atoms with Crippen molar-refractivity contribution in [3.63, 3.8) is 0 Å². The lowest BCUT2D eigenvalue weighted by Gasteiger charge is -2.01. The number of aliphatic imine (C=N–C) groups is 1. The number of benzene rings is 2. The second-order valence-corrected chi connectivity index (χ2v) is 5.51. The third kappa shape index (κ3) is 3.06. The molecule has 5 heteroatoms. The monoisotopic (exact) mass is 323 g/mol. The molecule has 0 spiro atoms. The van der Waals surface area contributed by atoms with Crippen LogP contribution >= 0.6 is 0 Å². The van der Waals surface area contributed by atoms with Crippen LogP contribution in [0.4, 0.5) is 10.1 Å². The van der Waals surface area contributed by atoms with Gasteiger partial charge in [-0.2, -0.15) is 0 Å². The molecular formula is C19H18FN3O. The number of hydrogen-bond acceptors (Lipinski definition) is 2. The third-order valence-electron chi connectivity index (χ3n) is 3.91. The fourth-order valence-electron chi connectivity index (χ4n) is 2.55. The van der Waals surface area contributed by atoms with Gasteiger partial charge in [0.1, 0.15) is 5.82 Å². The average Bonchev–Trinajstić information content (AvgIpc) is 2.88. The number of rotatable bonds is 4. The number of nitrogens with zero attached hydrogens (tertiary/aromatic N) is 2. The van der Waals surface area contributed by atoms with Crippen LogP contribution in [0.25, 0.3) is 5.69 Å². The zero-order valence-electron chi connectivity index (χ0n) is 13.6. The summed E-state index contributed by atoms with van der Waals surface area (Å²) in [5.74, 6) is -0.340. The van der Waals surface area contributed by atoms with E-state index in [0.717, 1.165) is 17.7 Å². The van der Waals surface area contributed by atoms with Gasteiger partial charge < -0.3 is 0 Å². The molecule has 0 atom stereocenters. The SMILES string of the molecule is CCc1ccccc1N=Cc1c(C)[nH]n(-c2ccc(F)cc2)c1=O. The molecule has 122 valence electrons. The molecule has 0 aliphatic rings. The zero-order chi connectivity index (χ0) is 17.1. The Morgan fingerprint density at radius 1 is 1.17 bits per heavy atom. The summed E-state index contributed by atoms with van der Waals surface area (Å²) in [5, 5.41) is 3.00. The molecule has 0 aliphatic heterocycles. The molecule has 0 fully saturated rings. The molecule has 3 rings (SSSR count). The summed E-state index contributed by atoms with van der Waals surface area (Å²) in [5.41, 5.74) is 3.55.